The van der Waals surface area contributed by atoms with Crippen LogP contribution in [0.3, 0.4) is 0 Å². The number of anilines is 1. The molecular formula is C23H22N2O4S. The van der Waals surface area contributed by atoms with E-state index in [-0.39, 0.29) is 10.7 Å². The summed E-state index contributed by atoms with van der Waals surface area (Å²) in [7, 11) is -3.83. The zero-order chi connectivity index (χ0) is 21.7. The maximum atomic E-state index is 12.8. The molecular weight excluding hydrogens is 400 g/mol. The van der Waals surface area contributed by atoms with E-state index in [0.717, 1.165) is 5.56 Å². The fraction of sp³-hybridized carbons (Fsp3) is 0.130. The van der Waals surface area contributed by atoms with E-state index in [1.165, 1.54) is 6.07 Å². The Balaban J connectivity index is 1.76. The molecule has 0 aliphatic rings. The third kappa shape index (κ3) is 5.00. The van der Waals surface area contributed by atoms with E-state index in [2.05, 4.69) is 10.0 Å². The van der Waals surface area contributed by atoms with Gasteiger partial charge in [0.05, 0.1) is 17.1 Å². The lowest BCUT2D eigenvalue weighted by atomic mass is 10.00. The largest absolute Gasteiger partial charge is 0.324 e. The summed E-state index contributed by atoms with van der Waals surface area (Å²) in [5.74, 6) is -0.800. The van der Waals surface area contributed by atoms with E-state index in [1.54, 1.807) is 67.6 Å². The molecule has 0 aromatic heterocycles. The highest BCUT2D eigenvalue weighted by Crippen LogP contribution is 2.21. The molecule has 0 aliphatic heterocycles. The van der Waals surface area contributed by atoms with Gasteiger partial charge in [0.2, 0.25) is 15.9 Å². The average Bonchev–Trinajstić information content (AvgIpc) is 2.73. The highest BCUT2D eigenvalue weighted by Gasteiger charge is 2.19. The lowest BCUT2D eigenvalue weighted by Crippen LogP contribution is -2.33. The number of carbonyl (C=O) groups excluding carboxylic acids is 2. The van der Waals surface area contributed by atoms with Crippen LogP contribution < -0.4 is 10.0 Å². The van der Waals surface area contributed by atoms with Crippen molar-refractivity contribution in [3.05, 3.63) is 95.1 Å². The summed E-state index contributed by atoms with van der Waals surface area (Å²) in [4.78, 5) is 25.4. The normalized spacial score (nSPS) is 11.1. The molecule has 3 aromatic rings. The van der Waals surface area contributed by atoms with Gasteiger partial charge in [0, 0.05) is 11.1 Å². The summed E-state index contributed by atoms with van der Waals surface area (Å²) in [5, 5.41) is 2.65. The van der Waals surface area contributed by atoms with Crippen molar-refractivity contribution in [2.45, 2.75) is 18.7 Å². The van der Waals surface area contributed by atoms with Crippen molar-refractivity contribution in [1.29, 1.82) is 0 Å². The summed E-state index contributed by atoms with van der Waals surface area (Å²) in [6.07, 6.45) is 0. The van der Waals surface area contributed by atoms with E-state index < -0.39 is 22.5 Å². The summed E-state index contributed by atoms with van der Waals surface area (Å²) < 4.78 is 27.3. The maximum Gasteiger partial charge on any atom is 0.241 e. The van der Waals surface area contributed by atoms with E-state index in [4.69, 9.17) is 0 Å². The predicted molar refractivity (Wildman–Crippen MR) is 116 cm³/mol. The van der Waals surface area contributed by atoms with Gasteiger partial charge in [-0.25, -0.2) is 13.1 Å². The number of hydrogen-bond acceptors (Lipinski definition) is 4. The van der Waals surface area contributed by atoms with Gasteiger partial charge in [-0.2, -0.15) is 0 Å². The standard InChI is InChI=1S/C23H22N2O4S/c1-16-12-13-19(23(27)18-9-4-3-5-10-18)20(14-16)25-22(26)15-24-30(28,29)21-11-7-6-8-17(21)2/h3-14,24H,15H2,1-2H3,(H,25,26). The molecule has 0 bridgehead atoms. The minimum absolute atomic E-state index is 0.119. The van der Waals surface area contributed by atoms with E-state index in [1.807, 2.05) is 13.0 Å². The Morgan fingerprint density at radius 1 is 0.867 bits per heavy atom. The van der Waals surface area contributed by atoms with E-state index in [9.17, 15) is 18.0 Å². The smallest absolute Gasteiger partial charge is 0.241 e. The molecule has 2 N–H and O–H groups in total. The monoisotopic (exact) mass is 422 g/mol. The van der Waals surface area contributed by atoms with Crippen LogP contribution in [0.2, 0.25) is 0 Å². The van der Waals surface area contributed by atoms with Crippen molar-refractivity contribution >= 4 is 27.4 Å². The number of aryl methyl sites for hydroxylation is 2. The molecule has 0 fully saturated rings. The van der Waals surface area contributed by atoms with Crippen molar-refractivity contribution in [3.63, 3.8) is 0 Å². The Kier molecular flexibility index (Phi) is 6.44. The molecule has 0 saturated carbocycles. The van der Waals surface area contributed by atoms with Crippen LogP contribution in [0, 0.1) is 13.8 Å². The van der Waals surface area contributed by atoms with Gasteiger partial charge in [-0.3, -0.25) is 9.59 Å². The number of benzene rings is 3. The number of carbonyl (C=O) groups is 2. The predicted octanol–water partition coefficient (Wildman–Crippen LogP) is 3.45. The van der Waals surface area contributed by atoms with Crippen LogP contribution in [-0.4, -0.2) is 26.7 Å². The molecule has 7 heteroatoms. The second-order valence-corrected chi connectivity index (χ2v) is 8.62. The maximum absolute atomic E-state index is 12.8. The lowest BCUT2D eigenvalue weighted by Gasteiger charge is -2.13. The number of rotatable bonds is 7. The molecule has 0 aliphatic carbocycles. The highest BCUT2D eigenvalue weighted by atomic mass is 32.2. The van der Waals surface area contributed by atoms with Gasteiger partial charge in [0.1, 0.15) is 0 Å². The van der Waals surface area contributed by atoms with Crippen LogP contribution in [0.1, 0.15) is 27.0 Å². The summed E-state index contributed by atoms with van der Waals surface area (Å²) in [5.41, 5.74) is 2.61. The Morgan fingerprint density at radius 3 is 2.23 bits per heavy atom. The molecule has 3 aromatic carbocycles. The first-order valence-electron chi connectivity index (χ1n) is 9.33. The molecule has 6 nitrogen and oxygen atoms in total. The third-order valence-corrected chi connectivity index (χ3v) is 6.10. The minimum atomic E-state index is -3.83. The Bertz CT molecular complexity index is 1190. The summed E-state index contributed by atoms with van der Waals surface area (Å²) in [6, 6.07) is 20.4. The van der Waals surface area contributed by atoms with Crippen molar-refractivity contribution in [2.75, 3.05) is 11.9 Å². The first-order chi connectivity index (χ1) is 14.3. The molecule has 30 heavy (non-hydrogen) atoms. The van der Waals surface area contributed by atoms with E-state index >= 15 is 0 Å². The van der Waals surface area contributed by atoms with Gasteiger partial charge in [0.25, 0.3) is 0 Å². The van der Waals surface area contributed by atoms with Crippen LogP contribution in [0.4, 0.5) is 5.69 Å². The first kappa shape index (κ1) is 21.4. The number of sulfonamides is 1. The molecule has 0 heterocycles. The molecule has 0 spiro atoms. The van der Waals surface area contributed by atoms with E-state index in [0.29, 0.717) is 22.4 Å². The van der Waals surface area contributed by atoms with Crippen molar-refractivity contribution in [2.24, 2.45) is 0 Å². The molecule has 0 unspecified atom stereocenters. The van der Waals surface area contributed by atoms with Crippen molar-refractivity contribution in [3.8, 4) is 0 Å². The SMILES string of the molecule is Cc1ccc(C(=O)c2ccccc2)c(NC(=O)CNS(=O)(=O)c2ccccc2C)c1. The topological polar surface area (TPSA) is 92.3 Å². The highest BCUT2D eigenvalue weighted by molar-refractivity contribution is 7.89. The second-order valence-electron chi connectivity index (χ2n) is 6.88. The van der Waals surface area contributed by atoms with Gasteiger partial charge in [-0.15, -0.1) is 0 Å². The van der Waals surface area contributed by atoms with Gasteiger partial charge in [0.15, 0.2) is 5.78 Å². The molecule has 0 atom stereocenters. The number of hydrogen-bond donors (Lipinski definition) is 2. The van der Waals surface area contributed by atoms with Gasteiger partial charge < -0.3 is 5.32 Å². The molecule has 3 rings (SSSR count). The van der Waals surface area contributed by atoms with Crippen LogP contribution in [0.25, 0.3) is 0 Å². The lowest BCUT2D eigenvalue weighted by molar-refractivity contribution is -0.115. The van der Waals surface area contributed by atoms with Gasteiger partial charge in [-0.05, 0) is 43.2 Å². The zero-order valence-corrected chi connectivity index (χ0v) is 17.5. The number of amides is 1. The van der Waals surface area contributed by atoms with Crippen LogP contribution in [-0.2, 0) is 14.8 Å². The average molecular weight is 423 g/mol. The van der Waals surface area contributed by atoms with Crippen LogP contribution in [0.5, 0.6) is 0 Å². The van der Waals surface area contributed by atoms with Crippen LogP contribution in [0.15, 0.2) is 77.7 Å². The molecule has 0 radical (unpaired) electrons. The first-order valence-corrected chi connectivity index (χ1v) is 10.8. The number of ketones is 1. The Labute approximate surface area is 176 Å². The van der Waals surface area contributed by atoms with Crippen LogP contribution >= 0.6 is 0 Å². The third-order valence-electron chi connectivity index (χ3n) is 4.54. The zero-order valence-electron chi connectivity index (χ0n) is 16.7. The summed E-state index contributed by atoms with van der Waals surface area (Å²) in [6.45, 7) is 3.07. The molecule has 0 saturated heterocycles. The Hall–Kier alpha value is -3.29. The minimum Gasteiger partial charge on any atom is -0.324 e. The molecule has 1 amide bonds. The fourth-order valence-electron chi connectivity index (χ4n) is 3.00. The molecule has 154 valence electrons. The van der Waals surface area contributed by atoms with Crippen molar-refractivity contribution in [1.82, 2.24) is 4.72 Å². The van der Waals surface area contributed by atoms with Crippen molar-refractivity contribution < 1.29 is 18.0 Å². The second kappa shape index (κ2) is 9.02. The number of nitrogens with one attached hydrogen (secondary N) is 2. The fourth-order valence-corrected chi connectivity index (χ4v) is 4.22. The Morgan fingerprint density at radius 2 is 1.53 bits per heavy atom. The van der Waals surface area contributed by atoms with Gasteiger partial charge in [-0.1, -0.05) is 54.6 Å². The van der Waals surface area contributed by atoms with Gasteiger partial charge >= 0.3 is 0 Å². The summed E-state index contributed by atoms with van der Waals surface area (Å²) >= 11 is 0. The quantitative estimate of drug-likeness (QED) is 0.571.